The van der Waals surface area contributed by atoms with E-state index in [1.165, 1.54) is 6.92 Å². The molecule has 1 aliphatic rings. The number of hydrogen-bond acceptors (Lipinski definition) is 5. The van der Waals surface area contributed by atoms with Gasteiger partial charge in [-0.25, -0.2) is 4.98 Å². The molecule has 7 nitrogen and oxygen atoms in total. The Morgan fingerprint density at radius 2 is 1.67 bits per heavy atom. The van der Waals surface area contributed by atoms with Crippen LogP contribution in [-0.2, 0) is 4.79 Å². The number of nitrogens with zero attached hydrogens (tertiary/aromatic N) is 3. The Morgan fingerprint density at radius 1 is 0.909 bits per heavy atom. The van der Waals surface area contributed by atoms with Crippen molar-refractivity contribution >= 4 is 29.0 Å². The Bertz CT molecular complexity index is 1150. The minimum Gasteiger partial charge on any atom is -0.367 e. The lowest BCUT2D eigenvalue weighted by molar-refractivity contribution is -0.114. The molecule has 0 radical (unpaired) electrons. The van der Waals surface area contributed by atoms with Gasteiger partial charge in [0.25, 0.3) is 5.91 Å². The van der Waals surface area contributed by atoms with Crippen molar-refractivity contribution in [1.82, 2.24) is 9.88 Å². The molecule has 7 heteroatoms. The number of amides is 2. The molecule has 0 atom stereocenters. The van der Waals surface area contributed by atoms with Crippen LogP contribution in [0.5, 0.6) is 0 Å². The molecule has 33 heavy (non-hydrogen) atoms. The smallest absolute Gasteiger partial charge is 0.255 e. The topological polar surface area (TPSA) is 77.6 Å². The molecule has 0 spiro atoms. The molecule has 0 saturated carbocycles. The number of rotatable bonds is 5. The summed E-state index contributed by atoms with van der Waals surface area (Å²) in [7, 11) is 2.12. The summed E-state index contributed by atoms with van der Waals surface area (Å²) in [5, 5.41) is 5.82. The predicted molar refractivity (Wildman–Crippen MR) is 133 cm³/mol. The van der Waals surface area contributed by atoms with Crippen molar-refractivity contribution in [2.24, 2.45) is 0 Å². The average Bonchev–Trinajstić information content (AvgIpc) is 2.80. The van der Waals surface area contributed by atoms with E-state index in [9.17, 15) is 9.59 Å². The van der Waals surface area contributed by atoms with Gasteiger partial charge in [0.05, 0.1) is 11.4 Å². The second kappa shape index (κ2) is 9.83. The van der Waals surface area contributed by atoms with Crippen LogP contribution in [-0.4, -0.2) is 54.9 Å². The largest absolute Gasteiger partial charge is 0.367 e. The van der Waals surface area contributed by atoms with E-state index in [1.807, 2.05) is 49.4 Å². The first-order valence-corrected chi connectivity index (χ1v) is 11.1. The van der Waals surface area contributed by atoms with Crippen LogP contribution >= 0.6 is 0 Å². The van der Waals surface area contributed by atoms with Crippen LogP contribution in [0.15, 0.2) is 60.8 Å². The fourth-order valence-electron chi connectivity index (χ4n) is 3.94. The zero-order valence-corrected chi connectivity index (χ0v) is 19.3. The van der Waals surface area contributed by atoms with E-state index in [0.717, 1.165) is 54.2 Å². The zero-order valence-electron chi connectivity index (χ0n) is 19.3. The molecule has 170 valence electrons. The van der Waals surface area contributed by atoms with E-state index in [4.69, 9.17) is 0 Å². The van der Waals surface area contributed by atoms with Gasteiger partial charge in [0.2, 0.25) is 5.91 Å². The molecule has 2 amide bonds. The van der Waals surface area contributed by atoms with E-state index in [2.05, 4.69) is 38.5 Å². The minimum absolute atomic E-state index is 0.134. The van der Waals surface area contributed by atoms with Crippen molar-refractivity contribution in [3.63, 3.8) is 0 Å². The van der Waals surface area contributed by atoms with E-state index in [-0.39, 0.29) is 11.8 Å². The summed E-state index contributed by atoms with van der Waals surface area (Å²) in [4.78, 5) is 33.3. The molecule has 1 aliphatic heterocycles. The van der Waals surface area contributed by atoms with Crippen LogP contribution in [0.4, 0.5) is 17.2 Å². The summed E-state index contributed by atoms with van der Waals surface area (Å²) in [6.07, 6.45) is 1.72. The summed E-state index contributed by atoms with van der Waals surface area (Å²) in [5.74, 6) is 0.214. The first kappa shape index (κ1) is 22.5. The highest BCUT2D eigenvalue weighted by molar-refractivity contribution is 6.06. The van der Waals surface area contributed by atoms with Crippen LogP contribution in [0.2, 0.25) is 0 Å². The highest BCUT2D eigenvalue weighted by Crippen LogP contribution is 2.33. The lowest BCUT2D eigenvalue weighted by atomic mass is 10.0. The fraction of sp³-hybridized carbons (Fsp3) is 0.269. The molecule has 0 unspecified atom stereocenters. The van der Waals surface area contributed by atoms with Gasteiger partial charge < -0.3 is 20.4 Å². The summed E-state index contributed by atoms with van der Waals surface area (Å²) < 4.78 is 0. The van der Waals surface area contributed by atoms with Crippen molar-refractivity contribution in [3.8, 4) is 11.1 Å². The van der Waals surface area contributed by atoms with Gasteiger partial charge in [0.1, 0.15) is 5.82 Å². The van der Waals surface area contributed by atoms with Gasteiger partial charge in [-0.2, -0.15) is 0 Å². The molecular weight excluding hydrogens is 414 g/mol. The summed E-state index contributed by atoms with van der Waals surface area (Å²) >= 11 is 0. The zero-order chi connectivity index (χ0) is 23.4. The maximum absolute atomic E-state index is 13.1. The molecule has 1 fully saturated rings. The number of carbonyl (C=O) groups is 2. The molecule has 1 saturated heterocycles. The second-order valence-electron chi connectivity index (χ2n) is 8.46. The quantitative estimate of drug-likeness (QED) is 0.623. The maximum Gasteiger partial charge on any atom is 0.255 e. The minimum atomic E-state index is -0.159. The first-order chi connectivity index (χ1) is 15.9. The van der Waals surface area contributed by atoms with Crippen molar-refractivity contribution in [2.75, 3.05) is 48.8 Å². The Morgan fingerprint density at radius 3 is 2.33 bits per heavy atom. The second-order valence-corrected chi connectivity index (χ2v) is 8.46. The molecule has 2 N–H and O–H groups in total. The molecular formula is C26H29N5O2. The van der Waals surface area contributed by atoms with Gasteiger partial charge >= 0.3 is 0 Å². The van der Waals surface area contributed by atoms with Crippen LogP contribution < -0.4 is 15.5 Å². The third kappa shape index (κ3) is 5.56. The van der Waals surface area contributed by atoms with Crippen molar-refractivity contribution in [3.05, 3.63) is 71.9 Å². The fourth-order valence-corrected chi connectivity index (χ4v) is 3.94. The van der Waals surface area contributed by atoms with Gasteiger partial charge in [0, 0.05) is 50.4 Å². The van der Waals surface area contributed by atoms with Gasteiger partial charge in [-0.3, -0.25) is 9.59 Å². The van der Waals surface area contributed by atoms with Crippen molar-refractivity contribution in [1.29, 1.82) is 0 Å². The highest BCUT2D eigenvalue weighted by atomic mass is 16.2. The van der Waals surface area contributed by atoms with Crippen LogP contribution in [0.1, 0.15) is 22.8 Å². The molecule has 1 aromatic heterocycles. The highest BCUT2D eigenvalue weighted by Gasteiger charge is 2.19. The Hall–Kier alpha value is -3.71. The van der Waals surface area contributed by atoms with Crippen molar-refractivity contribution in [2.45, 2.75) is 13.8 Å². The number of aryl methyl sites for hydroxylation is 1. The van der Waals surface area contributed by atoms with E-state index < -0.39 is 0 Å². The molecule has 3 aromatic rings. The van der Waals surface area contributed by atoms with Crippen LogP contribution in [0.3, 0.4) is 0 Å². The SMILES string of the molecule is CC(=O)Nc1ccc(-c2ccc(N3CCN(C)CC3)c(NC(=O)c3cccc(C)c3)c2)cn1. The summed E-state index contributed by atoms with van der Waals surface area (Å²) in [5.41, 5.74) is 5.30. The Balaban J connectivity index is 1.66. The van der Waals surface area contributed by atoms with Gasteiger partial charge in [-0.1, -0.05) is 23.8 Å². The maximum atomic E-state index is 13.1. The number of benzene rings is 2. The molecule has 2 aromatic carbocycles. The number of hydrogen-bond donors (Lipinski definition) is 2. The lowest BCUT2D eigenvalue weighted by Crippen LogP contribution is -2.44. The summed E-state index contributed by atoms with van der Waals surface area (Å²) in [6.45, 7) is 7.18. The average molecular weight is 444 g/mol. The Kier molecular flexibility index (Phi) is 6.70. The third-order valence-electron chi connectivity index (χ3n) is 5.77. The molecule has 4 rings (SSSR count). The van der Waals surface area contributed by atoms with Crippen molar-refractivity contribution < 1.29 is 9.59 Å². The third-order valence-corrected chi connectivity index (χ3v) is 5.77. The molecule has 2 heterocycles. The number of aromatic nitrogens is 1. The van der Waals surface area contributed by atoms with Crippen LogP contribution in [0, 0.1) is 6.92 Å². The number of pyridine rings is 1. The van der Waals surface area contributed by atoms with Crippen LogP contribution in [0.25, 0.3) is 11.1 Å². The van der Waals surface area contributed by atoms with Gasteiger partial charge in [-0.05, 0) is 55.9 Å². The van der Waals surface area contributed by atoms with E-state index >= 15 is 0 Å². The van der Waals surface area contributed by atoms with Gasteiger partial charge in [0.15, 0.2) is 0 Å². The number of carbonyl (C=O) groups excluding carboxylic acids is 2. The molecule has 0 aliphatic carbocycles. The standard InChI is InChI=1S/C26H29N5O2/c1-18-5-4-6-21(15-18)26(33)29-23-16-20(22-8-10-25(27-17-22)28-19(2)32)7-9-24(23)31-13-11-30(3)12-14-31/h4-10,15-17H,11-14H2,1-3H3,(H,29,33)(H,27,28,32). The number of anilines is 3. The van der Waals surface area contributed by atoms with Gasteiger partial charge in [-0.15, -0.1) is 0 Å². The monoisotopic (exact) mass is 443 g/mol. The Labute approximate surface area is 194 Å². The first-order valence-electron chi connectivity index (χ1n) is 11.1. The number of piperazine rings is 1. The normalized spacial score (nSPS) is 14.1. The number of likely N-dealkylation sites (N-methyl/N-ethyl adjacent to an activating group) is 1. The lowest BCUT2D eigenvalue weighted by Gasteiger charge is -2.35. The predicted octanol–water partition coefficient (Wildman–Crippen LogP) is 4.02. The summed E-state index contributed by atoms with van der Waals surface area (Å²) in [6, 6.07) is 17.4. The van der Waals surface area contributed by atoms with E-state index in [1.54, 1.807) is 12.3 Å². The van der Waals surface area contributed by atoms with E-state index in [0.29, 0.717) is 11.4 Å². The number of nitrogens with one attached hydrogen (secondary N) is 2. The molecule has 0 bridgehead atoms.